The third-order valence-corrected chi connectivity index (χ3v) is 4.94. The van der Waals surface area contributed by atoms with E-state index in [1.807, 2.05) is 0 Å². The molecule has 1 N–H and O–H groups in total. The molecule has 1 heterocycles. The van der Waals surface area contributed by atoms with Crippen LogP contribution in [0.25, 0.3) is 0 Å². The molecule has 2 aliphatic rings. The van der Waals surface area contributed by atoms with Gasteiger partial charge in [-0.1, -0.05) is 38.0 Å². The fraction of sp³-hybridized carbons (Fsp3) is 0.625. The van der Waals surface area contributed by atoms with Gasteiger partial charge in [0.15, 0.2) is 0 Å². The standard InChI is InChI=1S/C16H22O2/c1-2-16(7-3-4-8-16)15(17)12-5-6-13-10-18-11-14(13)9-12/h5-6,9,15,17H,2-4,7-8,10-11H2,1H3. The van der Waals surface area contributed by atoms with Gasteiger partial charge in [0.2, 0.25) is 0 Å². The summed E-state index contributed by atoms with van der Waals surface area (Å²) in [4.78, 5) is 0. The minimum atomic E-state index is -0.309. The predicted molar refractivity (Wildman–Crippen MR) is 71.1 cm³/mol. The first-order chi connectivity index (χ1) is 8.75. The number of ether oxygens (including phenoxy) is 1. The van der Waals surface area contributed by atoms with Crippen molar-refractivity contribution in [1.29, 1.82) is 0 Å². The Morgan fingerprint density at radius 2 is 1.94 bits per heavy atom. The fourth-order valence-corrected chi connectivity index (χ4v) is 3.62. The second kappa shape index (κ2) is 4.67. The van der Waals surface area contributed by atoms with E-state index in [1.54, 1.807) is 0 Å². The average molecular weight is 246 g/mol. The summed E-state index contributed by atoms with van der Waals surface area (Å²) in [6.07, 6.45) is 5.62. The number of benzene rings is 1. The highest BCUT2D eigenvalue weighted by Crippen LogP contribution is 2.50. The van der Waals surface area contributed by atoms with Crippen molar-refractivity contribution in [2.24, 2.45) is 5.41 Å². The smallest absolute Gasteiger partial charge is 0.0846 e. The van der Waals surface area contributed by atoms with Crippen molar-refractivity contribution in [2.75, 3.05) is 0 Å². The molecular formula is C16H22O2. The molecule has 1 aromatic rings. The van der Waals surface area contributed by atoms with Gasteiger partial charge in [-0.15, -0.1) is 0 Å². The highest BCUT2D eigenvalue weighted by Gasteiger charge is 2.39. The van der Waals surface area contributed by atoms with Crippen molar-refractivity contribution in [3.05, 3.63) is 34.9 Å². The molecule has 1 aliphatic carbocycles. The summed E-state index contributed by atoms with van der Waals surface area (Å²) in [6, 6.07) is 6.37. The largest absolute Gasteiger partial charge is 0.388 e. The Labute approximate surface area is 109 Å². The number of fused-ring (bicyclic) bond motifs is 1. The molecule has 0 radical (unpaired) electrons. The Kier molecular flexibility index (Phi) is 3.16. The molecule has 0 bridgehead atoms. The van der Waals surface area contributed by atoms with E-state index >= 15 is 0 Å². The van der Waals surface area contributed by atoms with Crippen LogP contribution in [0.2, 0.25) is 0 Å². The van der Waals surface area contributed by atoms with Crippen LogP contribution in [0.3, 0.4) is 0 Å². The minimum absolute atomic E-state index is 0.119. The van der Waals surface area contributed by atoms with Crippen LogP contribution in [0.1, 0.15) is 61.8 Å². The van der Waals surface area contributed by atoms with E-state index in [-0.39, 0.29) is 11.5 Å². The second-order valence-electron chi connectivity index (χ2n) is 5.85. The molecule has 98 valence electrons. The van der Waals surface area contributed by atoms with Crippen molar-refractivity contribution in [2.45, 2.75) is 58.3 Å². The van der Waals surface area contributed by atoms with Crippen LogP contribution in [-0.4, -0.2) is 5.11 Å². The molecule has 0 saturated heterocycles. The van der Waals surface area contributed by atoms with Crippen LogP contribution in [0.4, 0.5) is 0 Å². The topological polar surface area (TPSA) is 29.5 Å². The molecule has 1 fully saturated rings. The summed E-state index contributed by atoms with van der Waals surface area (Å²) in [5.41, 5.74) is 3.75. The molecular weight excluding hydrogens is 224 g/mol. The lowest BCUT2D eigenvalue weighted by Crippen LogP contribution is -2.25. The van der Waals surface area contributed by atoms with Crippen LogP contribution in [0, 0.1) is 5.41 Å². The quantitative estimate of drug-likeness (QED) is 0.880. The maximum absolute atomic E-state index is 10.8. The molecule has 0 spiro atoms. The van der Waals surface area contributed by atoms with E-state index in [9.17, 15) is 5.11 Å². The maximum Gasteiger partial charge on any atom is 0.0846 e. The van der Waals surface area contributed by atoms with Gasteiger partial charge in [-0.05, 0) is 36.0 Å². The fourth-order valence-electron chi connectivity index (χ4n) is 3.62. The highest BCUT2D eigenvalue weighted by atomic mass is 16.5. The number of rotatable bonds is 3. The molecule has 1 saturated carbocycles. The molecule has 18 heavy (non-hydrogen) atoms. The Hall–Kier alpha value is -0.860. The first-order valence-corrected chi connectivity index (χ1v) is 7.13. The van der Waals surface area contributed by atoms with Gasteiger partial charge in [-0.3, -0.25) is 0 Å². The lowest BCUT2D eigenvalue weighted by atomic mass is 9.75. The maximum atomic E-state index is 10.8. The summed E-state index contributed by atoms with van der Waals surface area (Å²) in [5.74, 6) is 0. The molecule has 1 atom stereocenters. The molecule has 3 rings (SSSR count). The van der Waals surface area contributed by atoms with Crippen molar-refractivity contribution in [3.8, 4) is 0 Å². The third-order valence-electron chi connectivity index (χ3n) is 4.94. The van der Waals surface area contributed by atoms with Crippen LogP contribution in [0.15, 0.2) is 18.2 Å². The van der Waals surface area contributed by atoms with E-state index < -0.39 is 0 Å². The Balaban J connectivity index is 1.89. The van der Waals surface area contributed by atoms with Crippen LogP contribution >= 0.6 is 0 Å². The van der Waals surface area contributed by atoms with Gasteiger partial charge in [0.1, 0.15) is 0 Å². The van der Waals surface area contributed by atoms with E-state index in [2.05, 4.69) is 25.1 Å². The van der Waals surface area contributed by atoms with E-state index in [0.717, 1.165) is 31.4 Å². The number of hydrogen-bond donors (Lipinski definition) is 1. The minimum Gasteiger partial charge on any atom is -0.388 e. The van der Waals surface area contributed by atoms with Crippen molar-refractivity contribution >= 4 is 0 Å². The van der Waals surface area contributed by atoms with Gasteiger partial charge >= 0.3 is 0 Å². The summed E-state index contributed by atoms with van der Waals surface area (Å²) >= 11 is 0. The highest BCUT2D eigenvalue weighted by molar-refractivity contribution is 5.35. The summed E-state index contributed by atoms with van der Waals surface area (Å²) in [6.45, 7) is 3.64. The zero-order valence-electron chi connectivity index (χ0n) is 11.1. The average Bonchev–Trinajstić information content (AvgIpc) is 3.06. The second-order valence-corrected chi connectivity index (χ2v) is 5.85. The number of hydrogen-bond acceptors (Lipinski definition) is 2. The zero-order chi connectivity index (χ0) is 12.6. The van der Waals surface area contributed by atoms with Gasteiger partial charge in [0, 0.05) is 5.41 Å². The molecule has 2 nitrogen and oxygen atoms in total. The van der Waals surface area contributed by atoms with Gasteiger partial charge in [-0.25, -0.2) is 0 Å². The first-order valence-electron chi connectivity index (χ1n) is 7.13. The van der Waals surface area contributed by atoms with Gasteiger partial charge in [0.25, 0.3) is 0 Å². The molecule has 1 unspecified atom stereocenters. The van der Waals surface area contributed by atoms with Crippen molar-refractivity contribution < 1.29 is 9.84 Å². The van der Waals surface area contributed by atoms with E-state index in [4.69, 9.17) is 4.74 Å². The van der Waals surface area contributed by atoms with Crippen LogP contribution < -0.4 is 0 Å². The summed E-state index contributed by atoms with van der Waals surface area (Å²) in [5, 5.41) is 10.8. The Bertz CT molecular complexity index is 433. The lowest BCUT2D eigenvalue weighted by Gasteiger charge is -2.33. The van der Waals surface area contributed by atoms with Crippen molar-refractivity contribution in [1.82, 2.24) is 0 Å². The normalized spacial score (nSPS) is 23.0. The lowest BCUT2D eigenvalue weighted by molar-refractivity contribution is 0.0237. The van der Waals surface area contributed by atoms with E-state index in [0.29, 0.717) is 6.61 Å². The SMILES string of the molecule is CCC1(C(O)c2ccc3c(c2)COC3)CCCC1. The summed E-state index contributed by atoms with van der Waals surface area (Å²) < 4.78 is 5.44. The molecule has 1 aromatic carbocycles. The Morgan fingerprint density at radius 1 is 1.22 bits per heavy atom. The summed E-state index contributed by atoms with van der Waals surface area (Å²) in [7, 11) is 0. The molecule has 1 aliphatic heterocycles. The molecule has 0 aromatic heterocycles. The first kappa shape index (κ1) is 12.2. The van der Waals surface area contributed by atoms with Crippen LogP contribution in [-0.2, 0) is 18.0 Å². The third kappa shape index (κ3) is 1.88. The van der Waals surface area contributed by atoms with Crippen LogP contribution in [0.5, 0.6) is 0 Å². The Morgan fingerprint density at radius 3 is 2.67 bits per heavy atom. The molecule has 2 heteroatoms. The van der Waals surface area contributed by atoms with Gasteiger partial charge in [0.05, 0.1) is 19.3 Å². The van der Waals surface area contributed by atoms with Gasteiger partial charge in [-0.2, -0.15) is 0 Å². The monoisotopic (exact) mass is 246 g/mol. The van der Waals surface area contributed by atoms with Crippen molar-refractivity contribution in [3.63, 3.8) is 0 Å². The number of aliphatic hydroxyl groups excluding tert-OH is 1. The molecule has 0 amide bonds. The zero-order valence-corrected chi connectivity index (χ0v) is 11.1. The number of aliphatic hydroxyl groups is 1. The van der Waals surface area contributed by atoms with E-state index in [1.165, 1.54) is 24.0 Å². The predicted octanol–water partition coefficient (Wildman–Crippen LogP) is 3.72. The van der Waals surface area contributed by atoms with Gasteiger partial charge < -0.3 is 9.84 Å².